The zero-order chi connectivity index (χ0) is 13.5. The molecule has 0 aliphatic carbocycles. The second-order valence-electron chi connectivity index (χ2n) is 6.26. The lowest BCUT2D eigenvalue weighted by atomic mass is 9.88. The van der Waals surface area contributed by atoms with Crippen molar-refractivity contribution in [3.05, 3.63) is 29.8 Å². The zero-order valence-corrected chi connectivity index (χ0v) is 11.8. The summed E-state index contributed by atoms with van der Waals surface area (Å²) in [5, 5.41) is 3.39. The lowest BCUT2D eigenvalue weighted by molar-refractivity contribution is -0.136. The third kappa shape index (κ3) is 2.11. The van der Waals surface area contributed by atoms with E-state index in [1.54, 1.807) is 0 Å². The van der Waals surface area contributed by atoms with Gasteiger partial charge in [0.25, 0.3) is 0 Å². The second-order valence-corrected chi connectivity index (χ2v) is 6.26. The third-order valence-electron chi connectivity index (χ3n) is 4.55. The highest BCUT2D eigenvalue weighted by Gasteiger charge is 2.39. The minimum Gasteiger partial charge on any atom is -0.385 e. The summed E-state index contributed by atoms with van der Waals surface area (Å²) in [7, 11) is 0. The van der Waals surface area contributed by atoms with E-state index in [9.17, 15) is 4.79 Å². The number of amides is 1. The average Bonchev–Trinajstić information content (AvgIpc) is 2.77. The Morgan fingerprint density at radius 2 is 2.16 bits per heavy atom. The van der Waals surface area contributed by atoms with E-state index in [4.69, 9.17) is 0 Å². The van der Waals surface area contributed by atoms with Crippen molar-refractivity contribution in [3.8, 4) is 0 Å². The molecular weight excluding hydrogens is 236 g/mol. The van der Waals surface area contributed by atoms with E-state index in [1.807, 2.05) is 12.1 Å². The second kappa shape index (κ2) is 4.55. The molecule has 1 aromatic carbocycles. The van der Waals surface area contributed by atoms with E-state index in [1.165, 1.54) is 5.56 Å². The van der Waals surface area contributed by atoms with E-state index in [-0.39, 0.29) is 11.5 Å². The number of carbonyl (C=O) groups is 1. The summed E-state index contributed by atoms with van der Waals surface area (Å²) in [6.07, 6.45) is 3.15. The van der Waals surface area contributed by atoms with E-state index in [0.717, 1.165) is 38.0 Å². The molecule has 0 saturated carbocycles. The Balaban J connectivity index is 1.89. The molecular formula is C16H22N2O. The van der Waals surface area contributed by atoms with Crippen LogP contribution in [0.15, 0.2) is 24.3 Å². The summed E-state index contributed by atoms with van der Waals surface area (Å²) in [6, 6.07) is 8.22. The number of hydrogen-bond donors (Lipinski definition) is 1. The Hall–Kier alpha value is -1.51. The van der Waals surface area contributed by atoms with Crippen LogP contribution < -0.4 is 5.32 Å². The van der Waals surface area contributed by atoms with Gasteiger partial charge in [-0.05, 0) is 44.7 Å². The first kappa shape index (κ1) is 12.5. The fourth-order valence-corrected chi connectivity index (χ4v) is 3.43. The van der Waals surface area contributed by atoms with Crippen LogP contribution in [0.3, 0.4) is 0 Å². The Morgan fingerprint density at radius 3 is 2.89 bits per heavy atom. The van der Waals surface area contributed by atoms with Crippen LogP contribution in [-0.4, -0.2) is 29.4 Å². The molecule has 2 heterocycles. The molecule has 0 spiro atoms. The Labute approximate surface area is 115 Å². The van der Waals surface area contributed by atoms with Crippen molar-refractivity contribution in [2.24, 2.45) is 0 Å². The average molecular weight is 258 g/mol. The van der Waals surface area contributed by atoms with Gasteiger partial charge < -0.3 is 10.2 Å². The van der Waals surface area contributed by atoms with Crippen molar-refractivity contribution in [1.82, 2.24) is 4.90 Å². The standard InChI is InChI=1S/C16H22N2O/c1-16(2)9-5-11-18(16)15(19)13-8-10-17-14-7-4-3-6-12(13)14/h3-4,6-7,13,17H,5,8-11H2,1-2H3. The van der Waals surface area contributed by atoms with Crippen molar-refractivity contribution < 1.29 is 4.79 Å². The molecule has 1 unspecified atom stereocenters. The highest BCUT2D eigenvalue weighted by Crippen LogP contribution is 2.37. The molecule has 1 amide bonds. The summed E-state index contributed by atoms with van der Waals surface area (Å²) in [5.41, 5.74) is 2.32. The van der Waals surface area contributed by atoms with Gasteiger partial charge in [0.15, 0.2) is 0 Å². The molecule has 3 nitrogen and oxygen atoms in total. The van der Waals surface area contributed by atoms with Gasteiger partial charge in [-0.3, -0.25) is 4.79 Å². The smallest absolute Gasteiger partial charge is 0.230 e. The Morgan fingerprint density at radius 1 is 1.37 bits per heavy atom. The van der Waals surface area contributed by atoms with Gasteiger partial charge in [0.1, 0.15) is 0 Å². The van der Waals surface area contributed by atoms with Gasteiger partial charge in [-0.15, -0.1) is 0 Å². The molecule has 1 atom stereocenters. The van der Waals surface area contributed by atoms with Crippen LogP contribution in [0.25, 0.3) is 0 Å². The number of nitrogens with zero attached hydrogens (tertiary/aromatic N) is 1. The van der Waals surface area contributed by atoms with Crippen LogP contribution in [0, 0.1) is 0 Å². The lowest BCUT2D eigenvalue weighted by Crippen LogP contribution is -2.45. The minimum absolute atomic E-state index is 0.0247. The van der Waals surface area contributed by atoms with E-state index >= 15 is 0 Å². The fraction of sp³-hybridized carbons (Fsp3) is 0.562. The summed E-state index contributed by atoms with van der Waals surface area (Å²) >= 11 is 0. The van der Waals surface area contributed by atoms with Crippen molar-refractivity contribution in [2.45, 2.75) is 44.6 Å². The first-order chi connectivity index (χ1) is 9.09. The summed E-state index contributed by atoms with van der Waals surface area (Å²) in [6.45, 7) is 6.18. The number of likely N-dealkylation sites (tertiary alicyclic amines) is 1. The van der Waals surface area contributed by atoms with E-state index < -0.39 is 0 Å². The van der Waals surface area contributed by atoms with Gasteiger partial charge in [-0.2, -0.15) is 0 Å². The Bertz CT molecular complexity index is 495. The summed E-state index contributed by atoms with van der Waals surface area (Å²) in [4.78, 5) is 15.0. The molecule has 3 rings (SSSR count). The molecule has 19 heavy (non-hydrogen) atoms. The van der Waals surface area contributed by atoms with Gasteiger partial charge in [0.05, 0.1) is 5.92 Å². The maximum atomic E-state index is 12.9. The molecule has 102 valence electrons. The Kier molecular flexibility index (Phi) is 3.00. The number of hydrogen-bond acceptors (Lipinski definition) is 2. The molecule has 0 aromatic heterocycles. The van der Waals surface area contributed by atoms with Gasteiger partial charge in [0, 0.05) is 24.3 Å². The van der Waals surface area contributed by atoms with Crippen molar-refractivity contribution in [2.75, 3.05) is 18.4 Å². The fourth-order valence-electron chi connectivity index (χ4n) is 3.43. The van der Waals surface area contributed by atoms with Gasteiger partial charge in [-0.1, -0.05) is 18.2 Å². The number of rotatable bonds is 1. The molecule has 1 saturated heterocycles. The summed E-state index contributed by atoms with van der Waals surface area (Å²) < 4.78 is 0. The monoisotopic (exact) mass is 258 g/mol. The molecule has 0 bridgehead atoms. The van der Waals surface area contributed by atoms with Crippen LogP contribution in [0.2, 0.25) is 0 Å². The number of benzene rings is 1. The lowest BCUT2D eigenvalue weighted by Gasteiger charge is -2.36. The molecule has 0 radical (unpaired) electrons. The van der Waals surface area contributed by atoms with Crippen molar-refractivity contribution in [3.63, 3.8) is 0 Å². The highest BCUT2D eigenvalue weighted by molar-refractivity contribution is 5.87. The molecule has 3 heteroatoms. The zero-order valence-electron chi connectivity index (χ0n) is 11.8. The number of carbonyl (C=O) groups excluding carboxylic acids is 1. The number of para-hydroxylation sites is 1. The molecule has 1 N–H and O–H groups in total. The van der Waals surface area contributed by atoms with Gasteiger partial charge in [0.2, 0.25) is 5.91 Å². The first-order valence-electron chi connectivity index (χ1n) is 7.24. The number of fused-ring (bicyclic) bond motifs is 1. The SMILES string of the molecule is CC1(C)CCCN1C(=O)C1CCNc2ccccc21. The molecule has 1 aromatic rings. The normalized spacial score (nSPS) is 24.7. The van der Waals surface area contributed by atoms with Gasteiger partial charge >= 0.3 is 0 Å². The molecule has 2 aliphatic heterocycles. The summed E-state index contributed by atoms with van der Waals surface area (Å²) in [5.74, 6) is 0.353. The maximum Gasteiger partial charge on any atom is 0.230 e. The van der Waals surface area contributed by atoms with Crippen LogP contribution in [-0.2, 0) is 4.79 Å². The van der Waals surface area contributed by atoms with E-state index in [0.29, 0.717) is 5.91 Å². The van der Waals surface area contributed by atoms with Crippen LogP contribution in [0.4, 0.5) is 5.69 Å². The van der Waals surface area contributed by atoms with E-state index in [2.05, 4.69) is 36.2 Å². The highest BCUT2D eigenvalue weighted by atomic mass is 16.2. The third-order valence-corrected chi connectivity index (χ3v) is 4.55. The predicted molar refractivity (Wildman–Crippen MR) is 77.3 cm³/mol. The van der Waals surface area contributed by atoms with Crippen molar-refractivity contribution >= 4 is 11.6 Å². The largest absolute Gasteiger partial charge is 0.385 e. The quantitative estimate of drug-likeness (QED) is 0.840. The number of nitrogens with one attached hydrogen (secondary N) is 1. The topological polar surface area (TPSA) is 32.3 Å². The maximum absolute atomic E-state index is 12.9. The first-order valence-corrected chi connectivity index (χ1v) is 7.24. The number of anilines is 1. The molecule has 1 fully saturated rings. The van der Waals surface area contributed by atoms with Crippen LogP contribution in [0.5, 0.6) is 0 Å². The van der Waals surface area contributed by atoms with Crippen LogP contribution >= 0.6 is 0 Å². The van der Waals surface area contributed by atoms with Gasteiger partial charge in [-0.25, -0.2) is 0 Å². The minimum atomic E-state index is 0.0247. The van der Waals surface area contributed by atoms with Crippen LogP contribution in [0.1, 0.15) is 44.6 Å². The van der Waals surface area contributed by atoms with Crippen molar-refractivity contribution in [1.29, 1.82) is 0 Å². The predicted octanol–water partition coefficient (Wildman–Crippen LogP) is 2.99. The molecule has 2 aliphatic rings.